The number of aromatic nitrogens is 1. The Labute approximate surface area is 162 Å². The van der Waals surface area contributed by atoms with E-state index in [-0.39, 0.29) is 5.88 Å². The van der Waals surface area contributed by atoms with Crippen molar-refractivity contribution in [2.75, 3.05) is 0 Å². The van der Waals surface area contributed by atoms with Crippen molar-refractivity contribution in [3.05, 3.63) is 67.2 Å². The molecule has 0 aliphatic carbocycles. The molecule has 0 atom stereocenters. The molecule has 0 bridgehead atoms. The van der Waals surface area contributed by atoms with Gasteiger partial charge in [0.25, 0.3) is 0 Å². The third-order valence-electron chi connectivity index (χ3n) is 3.56. The Morgan fingerprint density at radius 3 is 2.52 bits per heavy atom. The normalized spacial score (nSPS) is 12.2. The van der Waals surface area contributed by atoms with Crippen molar-refractivity contribution in [1.82, 2.24) is 4.57 Å². The number of aryl methyl sites for hydroxylation is 1. The number of hydrogen-bond acceptors (Lipinski definition) is 4. The fraction of sp³-hybridized carbons (Fsp3) is 0.111. The number of aromatic hydroxyl groups is 1. The summed E-state index contributed by atoms with van der Waals surface area (Å²) in [4.78, 5) is 10.3. The molecule has 0 aliphatic rings. The first-order valence-corrected chi connectivity index (χ1v) is 9.42. The monoisotopic (exact) mass is 435 g/mol. The minimum absolute atomic E-state index is 0.128. The second-order valence-corrected chi connectivity index (χ2v) is 7.74. The Kier molecular flexibility index (Phi) is 5.42. The Morgan fingerprint density at radius 1 is 1.16 bits per heavy atom. The van der Waals surface area contributed by atoms with Gasteiger partial charge >= 0.3 is 0 Å². The van der Waals surface area contributed by atoms with Gasteiger partial charge < -0.3 is 5.11 Å². The third kappa shape index (κ3) is 4.21. The molecule has 0 fully saturated rings. The van der Waals surface area contributed by atoms with Gasteiger partial charge in [-0.2, -0.15) is 0 Å². The van der Waals surface area contributed by atoms with Crippen LogP contribution in [0.4, 0.5) is 11.4 Å². The zero-order chi connectivity index (χ0) is 18.0. The first-order valence-electron chi connectivity index (χ1n) is 7.43. The number of aliphatic imine (C=N–C) groups is 1. The fourth-order valence-electron chi connectivity index (χ4n) is 2.07. The van der Waals surface area contributed by atoms with Crippen molar-refractivity contribution < 1.29 is 5.11 Å². The van der Waals surface area contributed by atoms with Crippen molar-refractivity contribution in [1.29, 1.82) is 0 Å². The molecule has 128 valence electrons. The molecule has 0 amide bonds. The molecule has 25 heavy (non-hydrogen) atoms. The number of hydrogen-bond donors (Lipinski definition) is 1. The lowest BCUT2D eigenvalue weighted by Gasteiger charge is -1.98. The summed E-state index contributed by atoms with van der Waals surface area (Å²) >= 11 is 10.9. The lowest BCUT2D eigenvalue weighted by molar-refractivity contribution is 0.428. The molecule has 7 heteroatoms. The van der Waals surface area contributed by atoms with Crippen molar-refractivity contribution in [2.45, 2.75) is 6.92 Å². The molecule has 0 saturated carbocycles. The molecule has 0 spiro atoms. The maximum absolute atomic E-state index is 10.3. The minimum Gasteiger partial charge on any atom is -0.493 e. The summed E-state index contributed by atoms with van der Waals surface area (Å²) in [5, 5.41) is 11.0. The predicted octanol–water partition coefficient (Wildman–Crippen LogP) is 5.50. The molecule has 1 N–H and O–H groups in total. The smallest absolute Gasteiger partial charge is 0.212 e. The Morgan fingerprint density at radius 2 is 1.84 bits per heavy atom. The van der Waals surface area contributed by atoms with Gasteiger partial charge in [0.05, 0.1) is 17.6 Å². The summed E-state index contributed by atoms with van der Waals surface area (Å²) in [5.41, 5.74) is 2.55. The molecule has 0 saturated heterocycles. The van der Waals surface area contributed by atoms with Gasteiger partial charge in [-0.15, -0.1) is 0 Å². The number of halogens is 2. The standard InChI is InChI=1S/C18H15BrClN3OS/c1-11-3-6-14(9-15(11)20)21-10-16-17(24)23(2)18(25-16)22-13-7-4-12(19)5-8-13/h3-10,24H,1-2H3. The quantitative estimate of drug-likeness (QED) is 0.542. The summed E-state index contributed by atoms with van der Waals surface area (Å²) in [7, 11) is 1.77. The van der Waals surface area contributed by atoms with Crippen LogP contribution in [0.3, 0.4) is 0 Å². The van der Waals surface area contributed by atoms with E-state index < -0.39 is 0 Å². The topological polar surface area (TPSA) is 49.9 Å². The third-order valence-corrected chi connectivity index (χ3v) is 5.56. The van der Waals surface area contributed by atoms with E-state index in [0.717, 1.165) is 21.4 Å². The van der Waals surface area contributed by atoms with Crippen LogP contribution < -0.4 is 4.80 Å². The van der Waals surface area contributed by atoms with Crippen LogP contribution in [0.15, 0.2) is 56.9 Å². The van der Waals surface area contributed by atoms with Gasteiger partial charge in [0.15, 0.2) is 4.80 Å². The molecule has 4 nitrogen and oxygen atoms in total. The molecular weight excluding hydrogens is 422 g/mol. The lowest BCUT2D eigenvalue weighted by Crippen LogP contribution is -2.08. The van der Waals surface area contributed by atoms with E-state index in [4.69, 9.17) is 11.6 Å². The van der Waals surface area contributed by atoms with Gasteiger partial charge in [-0.05, 0) is 48.9 Å². The molecule has 0 aliphatic heterocycles. The Balaban J connectivity index is 1.94. The van der Waals surface area contributed by atoms with E-state index in [9.17, 15) is 5.11 Å². The zero-order valence-electron chi connectivity index (χ0n) is 13.6. The average molecular weight is 437 g/mol. The van der Waals surface area contributed by atoms with Gasteiger partial charge in [0.2, 0.25) is 5.88 Å². The Bertz CT molecular complexity index is 1010. The first-order chi connectivity index (χ1) is 11.9. The number of nitrogens with zero attached hydrogens (tertiary/aromatic N) is 3. The summed E-state index contributed by atoms with van der Waals surface area (Å²) in [6, 6.07) is 13.3. The van der Waals surface area contributed by atoms with E-state index in [1.165, 1.54) is 11.3 Å². The van der Waals surface area contributed by atoms with Crippen LogP contribution in [0.1, 0.15) is 10.4 Å². The van der Waals surface area contributed by atoms with Crippen LogP contribution >= 0.6 is 38.9 Å². The Hall–Kier alpha value is -1.89. The van der Waals surface area contributed by atoms with Crippen LogP contribution in [0.25, 0.3) is 0 Å². The largest absolute Gasteiger partial charge is 0.493 e. The van der Waals surface area contributed by atoms with E-state index in [0.29, 0.717) is 14.7 Å². The highest BCUT2D eigenvalue weighted by atomic mass is 79.9. The molecule has 2 aromatic carbocycles. The summed E-state index contributed by atoms with van der Waals surface area (Å²) in [6.45, 7) is 1.94. The molecular formula is C18H15BrClN3OS. The van der Waals surface area contributed by atoms with Crippen LogP contribution in [-0.2, 0) is 7.05 Å². The second kappa shape index (κ2) is 7.56. The van der Waals surface area contributed by atoms with Crippen molar-refractivity contribution >= 4 is 56.5 Å². The average Bonchev–Trinajstić information content (AvgIpc) is 2.86. The minimum atomic E-state index is 0.128. The van der Waals surface area contributed by atoms with Crippen LogP contribution in [0.5, 0.6) is 5.88 Å². The number of benzene rings is 2. The van der Waals surface area contributed by atoms with Crippen molar-refractivity contribution in [2.24, 2.45) is 17.0 Å². The molecule has 3 rings (SSSR count). The molecule has 3 aromatic rings. The first kappa shape index (κ1) is 17.9. The van der Waals surface area contributed by atoms with Crippen LogP contribution in [0.2, 0.25) is 5.02 Å². The van der Waals surface area contributed by atoms with E-state index >= 15 is 0 Å². The van der Waals surface area contributed by atoms with E-state index in [1.807, 2.05) is 43.3 Å². The van der Waals surface area contributed by atoms with Crippen molar-refractivity contribution in [3.63, 3.8) is 0 Å². The summed E-state index contributed by atoms with van der Waals surface area (Å²) < 4.78 is 2.63. The maximum Gasteiger partial charge on any atom is 0.212 e. The molecule has 0 radical (unpaired) electrons. The molecule has 1 heterocycles. The van der Waals surface area contributed by atoms with Gasteiger partial charge in [-0.25, -0.2) is 4.99 Å². The van der Waals surface area contributed by atoms with E-state index in [1.54, 1.807) is 23.9 Å². The lowest BCUT2D eigenvalue weighted by atomic mass is 10.2. The van der Waals surface area contributed by atoms with Gasteiger partial charge in [0.1, 0.15) is 4.88 Å². The number of thiazole rings is 1. The maximum atomic E-state index is 10.3. The molecule has 0 unspecified atom stereocenters. The zero-order valence-corrected chi connectivity index (χ0v) is 16.7. The van der Waals surface area contributed by atoms with Crippen molar-refractivity contribution in [3.8, 4) is 5.88 Å². The number of rotatable bonds is 3. The van der Waals surface area contributed by atoms with Gasteiger partial charge in [-0.3, -0.25) is 9.56 Å². The highest BCUT2D eigenvalue weighted by Gasteiger charge is 2.08. The second-order valence-electron chi connectivity index (χ2n) is 5.41. The fourth-order valence-corrected chi connectivity index (χ4v) is 3.42. The van der Waals surface area contributed by atoms with E-state index in [2.05, 4.69) is 25.9 Å². The van der Waals surface area contributed by atoms with Crippen LogP contribution in [0, 0.1) is 6.92 Å². The SMILES string of the molecule is Cc1ccc(N=Cc2sc(=Nc3ccc(Br)cc3)n(C)c2O)cc1Cl. The van der Waals surface area contributed by atoms with Crippen LogP contribution in [-0.4, -0.2) is 15.9 Å². The van der Waals surface area contributed by atoms with Gasteiger partial charge in [0, 0.05) is 16.5 Å². The predicted molar refractivity (Wildman–Crippen MR) is 108 cm³/mol. The highest BCUT2D eigenvalue weighted by Crippen LogP contribution is 2.24. The highest BCUT2D eigenvalue weighted by molar-refractivity contribution is 9.10. The molecule has 1 aromatic heterocycles. The summed E-state index contributed by atoms with van der Waals surface area (Å²) in [6.07, 6.45) is 1.63. The van der Waals surface area contributed by atoms with Gasteiger partial charge in [-0.1, -0.05) is 44.9 Å². The summed E-state index contributed by atoms with van der Waals surface area (Å²) in [5.74, 6) is 0.128.